The third-order valence-electron chi connectivity index (χ3n) is 0. The van der Waals surface area contributed by atoms with Crippen LogP contribution in [0.15, 0.2) is 0 Å². The van der Waals surface area contributed by atoms with Crippen LogP contribution in [0.1, 0.15) is 0 Å². The van der Waals surface area contributed by atoms with E-state index in [1.807, 2.05) is 0 Å². The van der Waals surface area contributed by atoms with E-state index in [-0.39, 0.29) is 101 Å². The summed E-state index contributed by atoms with van der Waals surface area (Å²) in [6.07, 6.45) is 0. The molecule has 0 amide bonds. The summed E-state index contributed by atoms with van der Waals surface area (Å²) >= 11 is 0. The maximum absolute atomic E-state index is 0. The molecule has 0 aromatic carbocycles. The first-order chi connectivity index (χ1) is 0. The number of hydrogen-bond donors (Lipinski definition) is 0. The fourth-order valence-corrected chi connectivity index (χ4v) is 0. The molecule has 2 radical (unpaired) electrons. The van der Waals surface area contributed by atoms with Crippen molar-refractivity contribution in [2.75, 3.05) is 0 Å². The Hall–Kier alpha value is 3.02. The molecule has 0 aliphatic heterocycles. The maximum Gasteiger partial charge on any atom is 6.00 e. The molecule has 40 valence electrons. The van der Waals surface area contributed by atoms with Crippen molar-refractivity contribution < 1.29 is 61.0 Å². The van der Waals surface area contributed by atoms with Gasteiger partial charge in [0.25, 0.3) is 0 Å². The Morgan fingerprint density at radius 1 is 0.667 bits per heavy atom. The second-order valence-corrected chi connectivity index (χ2v) is 0. The van der Waals surface area contributed by atoms with Gasteiger partial charge in [0.2, 0.25) is 0 Å². The molecule has 0 aliphatic carbocycles. The summed E-state index contributed by atoms with van der Waals surface area (Å²) in [5.41, 5.74) is 0. The van der Waals surface area contributed by atoms with Crippen molar-refractivity contribution in [3.05, 3.63) is 0 Å². The summed E-state index contributed by atoms with van der Waals surface area (Å²) in [5.74, 6) is 0. The van der Waals surface area contributed by atoms with Gasteiger partial charge in [0.1, 0.15) is 0 Å². The maximum atomic E-state index is 0. The van der Waals surface area contributed by atoms with Gasteiger partial charge in [0, 0.05) is 39.9 Å². The predicted octanol–water partition coefficient (Wildman–Crippen LogP) is -0.0147. The monoisotopic (exact) mass is 570 g/mol. The van der Waals surface area contributed by atoms with E-state index in [9.17, 15) is 0 Å². The van der Waals surface area contributed by atoms with Crippen LogP contribution in [0.25, 0.3) is 0 Å². The summed E-state index contributed by atoms with van der Waals surface area (Å²) in [6.45, 7) is 0. The van der Waals surface area contributed by atoms with Crippen LogP contribution in [0.3, 0.4) is 0 Å². The van der Waals surface area contributed by atoms with Gasteiger partial charge in [0.05, 0.1) is 0 Å². The van der Waals surface area contributed by atoms with Gasteiger partial charge in [-0.15, -0.1) is 0 Å². The second kappa shape index (κ2) is 43.3. The van der Waals surface area contributed by atoms with Crippen LogP contribution in [-0.2, 0) is 101 Å². The Balaban J connectivity index is 0. The molecule has 0 heterocycles. The van der Waals surface area contributed by atoms with E-state index in [0.29, 0.717) is 0 Å². The Morgan fingerprint density at radius 3 is 0.667 bits per heavy atom. The molecule has 6 heavy (non-hydrogen) atoms. The van der Waals surface area contributed by atoms with E-state index >= 15 is 0 Å². The zero-order valence-electron chi connectivity index (χ0n) is 2.34. The third-order valence-corrected chi connectivity index (χ3v) is 0. The summed E-state index contributed by atoms with van der Waals surface area (Å²) in [6, 6.07) is 0. The van der Waals surface area contributed by atoms with Crippen molar-refractivity contribution in [1.82, 2.24) is 0 Å². The van der Waals surface area contributed by atoms with Crippen molar-refractivity contribution in [3.63, 3.8) is 0 Å². The third kappa shape index (κ3) is 27.9. The quantitative estimate of drug-likeness (QED) is 0.361. The van der Waals surface area contributed by atoms with E-state index in [2.05, 4.69) is 0 Å². The molecule has 0 aromatic heterocycles. The zero-order valence-corrected chi connectivity index (χ0v) is 12.1. The number of hydrogen-bond acceptors (Lipinski definition) is 0. The van der Waals surface area contributed by atoms with Crippen LogP contribution in [0, 0.1) is 0 Å². The average Bonchev–Trinajstić information content (AvgIpc) is 0. The van der Waals surface area contributed by atoms with E-state index in [1.54, 1.807) is 0 Å². The first-order valence-electron chi connectivity index (χ1n) is 0. The van der Waals surface area contributed by atoms with Crippen LogP contribution in [0.5, 0.6) is 0 Å². The SMILES string of the molecule is [Re].[Rh].[S-2].[S-2].[S-2].[W+6]. The normalized spacial score (nSPS) is 0. The van der Waals surface area contributed by atoms with Crippen molar-refractivity contribution >= 4 is 40.5 Å². The van der Waals surface area contributed by atoms with Crippen LogP contribution < -0.4 is 0 Å². The molecule has 0 N–H and O–H groups in total. The molecule has 0 aliphatic rings. The topological polar surface area (TPSA) is 0 Å². The van der Waals surface area contributed by atoms with Gasteiger partial charge < -0.3 is 40.5 Å². The van der Waals surface area contributed by atoms with Crippen molar-refractivity contribution in [1.29, 1.82) is 0 Å². The molecule has 0 rings (SSSR count). The molecule has 0 spiro atoms. The van der Waals surface area contributed by atoms with E-state index < -0.39 is 0 Å². The van der Waals surface area contributed by atoms with Crippen LogP contribution >= 0.6 is 0 Å². The minimum absolute atomic E-state index is 0. The summed E-state index contributed by atoms with van der Waals surface area (Å²) < 4.78 is 0. The Morgan fingerprint density at radius 2 is 0.667 bits per heavy atom. The molecule has 0 saturated heterocycles. The van der Waals surface area contributed by atoms with Gasteiger partial charge in [-0.05, 0) is 0 Å². The standard InChI is InChI=1S/Re.Rh.3S.W/q;;3*-2;+6. The molecule has 0 aromatic rings. The van der Waals surface area contributed by atoms with E-state index in [0.717, 1.165) is 0 Å². The molecule has 0 fully saturated rings. The van der Waals surface area contributed by atoms with Gasteiger partial charge in [-0.25, -0.2) is 0 Å². The fraction of sp³-hybridized carbons (Fsp3) is 0. The summed E-state index contributed by atoms with van der Waals surface area (Å²) in [7, 11) is 0. The van der Waals surface area contributed by atoms with Crippen molar-refractivity contribution in [2.45, 2.75) is 0 Å². The molecular weight excluding hydrogens is 569 g/mol. The first kappa shape index (κ1) is 63.5. The smallest absolute Gasteiger partial charge is 2.00 e. The molecule has 0 nitrogen and oxygen atoms in total. The zero-order chi connectivity index (χ0) is 0. The number of rotatable bonds is 0. The van der Waals surface area contributed by atoms with Crippen LogP contribution in [0.2, 0.25) is 0 Å². The minimum Gasteiger partial charge on any atom is -2.00 e. The molecule has 0 atom stereocenters. The largest absolute Gasteiger partial charge is 6.00 e. The van der Waals surface area contributed by atoms with Gasteiger partial charge in [-0.2, -0.15) is 0 Å². The van der Waals surface area contributed by atoms with Gasteiger partial charge in [-0.3, -0.25) is 0 Å². The van der Waals surface area contributed by atoms with Crippen LogP contribution in [0.4, 0.5) is 0 Å². The second-order valence-electron chi connectivity index (χ2n) is 0. The Kier molecular flexibility index (Phi) is 458. The minimum atomic E-state index is 0. The van der Waals surface area contributed by atoms with Gasteiger partial charge >= 0.3 is 21.1 Å². The average molecular weight is 569 g/mol. The molecule has 0 unspecified atom stereocenters. The van der Waals surface area contributed by atoms with Gasteiger partial charge in [0.15, 0.2) is 0 Å². The van der Waals surface area contributed by atoms with E-state index in [1.165, 1.54) is 0 Å². The molecule has 6 heteroatoms. The van der Waals surface area contributed by atoms with Crippen molar-refractivity contribution in [2.24, 2.45) is 0 Å². The molecule has 0 bridgehead atoms. The van der Waals surface area contributed by atoms with Crippen molar-refractivity contribution in [3.8, 4) is 0 Å². The summed E-state index contributed by atoms with van der Waals surface area (Å²) in [4.78, 5) is 0. The predicted molar refractivity (Wildman–Crippen MR) is 22.1 cm³/mol. The Labute approximate surface area is 100.0 Å². The van der Waals surface area contributed by atoms with Crippen LogP contribution in [-0.4, -0.2) is 0 Å². The molecular formula is ReRhS3W. The summed E-state index contributed by atoms with van der Waals surface area (Å²) in [5, 5.41) is 0. The van der Waals surface area contributed by atoms with Gasteiger partial charge in [-0.1, -0.05) is 0 Å². The molecule has 0 saturated carbocycles. The Bertz CT molecular complexity index is 10.8. The van der Waals surface area contributed by atoms with E-state index in [4.69, 9.17) is 0 Å². The fourth-order valence-electron chi connectivity index (χ4n) is 0. The first-order valence-corrected chi connectivity index (χ1v) is 0.